The third kappa shape index (κ3) is 3.14. The molecule has 0 fully saturated rings. The van der Waals surface area contributed by atoms with Crippen molar-refractivity contribution in [1.29, 1.82) is 0 Å². The van der Waals surface area contributed by atoms with Crippen molar-refractivity contribution in [2.24, 2.45) is 11.7 Å². The summed E-state index contributed by atoms with van der Waals surface area (Å²) in [7, 11) is 0. The highest BCUT2D eigenvalue weighted by Crippen LogP contribution is 2.26. The summed E-state index contributed by atoms with van der Waals surface area (Å²) in [6.07, 6.45) is 2.69. The number of fused-ring (bicyclic) bond motifs is 1. The second-order valence-corrected chi connectivity index (χ2v) is 6.47. The van der Waals surface area contributed by atoms with Crippen molar-refractivity contribution in [2.45, 2.75) is 32.9 Å². The number of halogens is 2. The van der Waals surface area contributed by atoms with Gasteiger partial charge < -0.3 is 10.3 Å². The molecule has 2 N–H and O–H groups in total. The van der Waals surface area contributed by atoms with Crippen molar-refractivity contribution in [3.05, 3.63) is 58.8 Å². The van der Waals surface area contributed by atoms with Gasteiger partial charge in [0, 0.05) is 6.20 Å². The Labute approximate surface area is 145 Å². The Morgan fingerprint density at radius 3 is 2.83 bits per heavy atom. The molecule has 0 spiro atoms. The fourth-order valence-corrected chi connectivity index (χ4v) is 2.92. The minimum Gasteiger partial charge on any atom is -0.321 e. The van der Waals surface area contributed by atoms with Crippen molar-refractivity contribution in [1.82, 2.24) is 14.5 Å². The van der Waals surface area contributed by atoms with Gasteiger partial charge >= 0.3 is 0 Å². The summed E-state index contributed by atoms with van der Waals surface area (Å²) < 4.78 is 15.4. The van der Waals surface area contributed by atoms with Crippen LogP contribution < -0.4 is 5.73 Å². The molecular weight excluding hydrogens is 327 g/mol. The van der Waals surface area contributed by atoms with Crippen molar-refractivity contribution in [3.8, 4) is 0 Å². The van der Waals surface area contributed by atoms with E-state index in [1.807, 2.05) is 16.7 Å². The standard InChI is InChI=1S/C18H20ClFN4/c1-3-11(2)16(21)18-23-15-5-4-8-22-17(15)24(18)10-12-6-7-14(20)13(19)9-12/h4-9,11,16H,3,10,21H2,1-2H3. The minimum absolute atomic E-state index is 0.109. The van der Waals surface area contributed by atoms with Crippen LogP contribution in [-0.2, 0) is 6.54 Å². The number of rotatable bonds is 5. The number of benzene rings is 1. The van der Waals surface area contributed by atoms with E-state index in [0.29, 0.717) is 6.54 Å². The number of nitrogens with two attached hydrogens (primary N) is 1. The van der Waals surface area contributed by atoms with Gasteiger partial charge in [-0.3, -0.25) is 0 Å². The molecule has 0 aliphatic heterocycles. The normalized spacial score (nSPS) is 14.0. The molecule has 3 aromatic rings. The lowest BCUT2D eigenvalue weighted by Gasteiger charge is -2.19. The first-order chi connectivity index (χ1) is 11.5. The number of aromatic nitrogens is 3. The molecule has 0 saturated heterocycles. The third-order valence-electron chi connectivity index (χ3n) is 4.41. The highest BCUT2D eigenvalue weighted by molar-refractivity contribution is 6.30. The van der Waals surface area contributed by atoms with E-state index < -0.39 is 5.82 Å². The average Bonchev–Trinajstić information content (AvgIpc) is 2.95. The van der Waals surface area contributed by atoms with Crippen molar-refractivity contribution in [3.63, 3.8) is 0 Å². The average molecular weight is 347 g/mol. The van der Waals surface area contributed by atoms with Crippen LogP contribution in [0.15, 0.2) is 36.5 Å². The summed E-state index contributed by atoms with van der Waals surface area (Å²) >= 11 is 5.91. The van der Waals surface area contributed by atoms with Gasteiger partial charge in [-0.1, -0.05) is 37.9 Å². The Bertz CT molecular complexity index is 861. The quantitative estimate of drug-likeness (QED) is 0.748. The number of pyridine rings is 1. The second kappa shape index (κ2) is 6.87. The maximum absolute atomic E-state index is 13.4. The molecule has 2 atom stereocenters. The lowest BCUT2D eigenvalue weighted by atomic mass is 9.99. The van der Waals surface area contributed by atoms with Crippen LogP contribution in [0.1, 0.15) is 37.7 Å². The Morgan fingerprint density at radius 1 is 1.33 bits per heavy atom. The molecule has 0 amide bonds. The van der Waals surface area contributed by atoms with E-state index in [9.17, 15) is 4.39 Å². The summed E-state index contributed by atoms with van der Waals surface area (Å²) in [5.74, 6) is 0.654. The zero-order chi connectivity index (χ0) is 17.3. The van der Waals surface area contributed by atoms with Crippen molar-refractivity contribution >= 4 is 22.8 Å². The number of imidazole rings is 1. The predicted molar refractivity (Wildman–Crippen MR) is 94.4 cm³/mol. The van der Waals surface area contributed by atoms with Gasteiger partial charge in [0.05, 0.1) is 17.6 Å². The van der Waals surface area contributed by atoms with Gasteiger partial charge in [0.1, 0.15) is 17.2 Å². The molecule has 24 heavy (non-hydrogen) atoms. The minimum atomic E-state index is -0.425. The van der Waals surface area contributed by atoms with Crippen LogP contribution in [0, 0.1) is 11.7 Å². The Hall–Kier alpha value is -1.98. The smallest absolute Gasteiger partial charge is 0.160 e. The van der Waals surface area contributed by atoms with Crippen LogP contribution >= 0.6 is 11.6 Å². The second-order valence-electron chi connectivity index (χ2n) is 6.06. The van der Waals surface area contributed by atoms with E-state index in [0.717, 1.165) is 29.0 Å². The van der Waals surface area contributed by atoms with Crippen LogP contribution in [0.4, 0.5) is 4.39 Å². The summed E-state index contributed by atoms with van der Waals surface area (Å²) in [5, 5.41) is 0.109. The maximum atomic E-state index is 13.4. The molecule has 2 heterocycles. The summed E-state index contributed by atoms with van der Waals surface area (Å²) in [5.41, 5.74) is 8.88. The molecule has 2 aromatic heterocycles. The molecule has 2 unspecified atom stereocenters. The number of nitrogens with zero attached hydrogens (tertiary/aromatic N) is 3. The van der Waals surface area contributed by atoms with Gasteiger partial charge in [-0.15, -0.1) is 0 Å². The Morgan fingerprint density at radius 2 is 2.12 bits per heavy atom. The highest BCUT2D eigenvalue weighted by Gasteiger charge is 2.22. The first-order valence-corrected chi connectivity index (χ1v) is 8.39. The molecule has 3 rings (SSSR count). The number of hydrogen-bond donors (Lipinski definition) is 1. The van der Waals surface area contributed by atoms with Crippen molar-refractivity contribution < 1.29 is 4.39 Å². The van der Waals surface area contributed by atoms with E-state index in [1.54, 1.807) is 18.3 Å². The van der Waals surface area contributed by atoms with Gasteiger partial charge in [-0.25, -0.2) is 14.4 Å². The van der Waals surface area contributed by atoms with Crippen LogP contribution in [-0.4, -0.2) is 14.5 Å². The van der Waals surface area contributed by atoms with Gasteiger partial charge in [0.15, 0.2) is 5.65 Å². The van der Waals surface area contributed by atoms with Crippen LogP contribution in [0.3, 0.4) is 0 Å². The molecule has 6 heteroatoms. The SMILES string of the molecule is CCC(C)C(N)c1nc2cccnc2n1Cc1ccc(F)c(Cl)c1. The fraction of sp³-hybridized carbons (Fsp3) is 0.333. The maximum Gasteiger partial charge on any atom is 0.160 e. The number of hydrogen-bond acceptors (Lipinski definition) is 3. The topological polar surface area (TPSA) is 56.7 Å². The van der Waals surface area contributed by atoms with E-state index >= 15 is 0 Å². The fourth-order valence-electron chi connectivity index (χ4n) is 2.72. The van der Waals surface area contributed by atoms with E-state index in [4.69, 9.17) is 17.3 Å². The van der Waals surface area contributed by atoms with E-state index in [-0.39, 0.29) is 17.0 Å². The van der Waals surface area contributed by atoms with E-state index in [1.165, 1.54) is 6.07 Å². The monoisotopic (exact) mass is 346 g/mol. The summed E-state index contributed by atoms with van der Waals surface area (Å²) in [6.45, 7) is 4.71. The first kappa shape index (κ1) is 16.9. The lowest BCUT2D eigenvalue weighted by Crippen LogP contribution is -2.23. The molecule has 0 aliphatic carbocycles. The third-order valence-corrected chi connectivity index (χ3v) is 4.70. The first-order valence-electron chi connectivity index (χ1n) is 8.02. The van der Waals surface area contributed by atoms with Crippen molar-refractivity contribution in [2.75, 3.05) is 0 Å². The van der Waals surface area contributed by atoms with Gasteiger partial charge in [0.25, 0.3) is 0 Å². The zero-order valence-electron chi connectivity index (χ0n) is 13.7. The predicted octanol–water partition coefficient (Wildman–Crippen LogP) is 4.32. The molecule has 0 aliphatic rings. The molecule has 4 nitrogen and oxygen atoms in total. The molecule has 0 bridgehead atoms. The van der Waals surface area contributed by atoms with Gasteiger partial charge in [0.2, 0.25) is 0 Å². The Kier molecular flexibility index (Phi) is 4.83. The largest absolute Gasteiger partial charge is 0.321 e. The van der Waals surface area contributed by atoms with Crippen LogP contribution in [0.2, 0.25) is 5.02 Å². The molecule has 126 valence electrons. The summed E-state index contributed by atoms with van der Waals surface area (Å²) in [6, 6.07) is 8.30. The molecular formula is C18H20ClFN4. The molecule has 0 radical (unpaired) electrons. The van der Waals surface area contributed by atoms with E-state index in [2.05, 4.69) is 23.8 Å². The zero-order valence-corrected chi connectivity index (χ0v) is 14.5. The highest BCUT2D eigenvalue weighted by atomic mass is 35.5. The Balaban J connectivity index is 2.08. The lowest BCUT2D eigenvalue weighted by molar-refractivity contribution is 0.428. The van der Waals surface area contributed by atoms with Crippen LogP contribution in [0.5, 0.6) is 0 Å². The van der Waals surface area contributed by atoms with Gasteiger partial charge in [-0.05, 0) is 35.7 Å². The molecule has 1 aromatic carbocycles. The summed E-state index contributed by atoms with van der Waals surface area (Å²) in [4.78, 5) is 9.13. The van der Waals surface area contributed by atoms with Crippen LogP contribution in [0.25, 0.3) is 11.2 Å². The molecule has 0 saturated carbocycles. The van der Waals surface area contributed by atoms with Gasteiger partial charge in [-0.2, -0.15) is 0 Å².